The van der Waals surface area contributed by atoms with E-state index in [4.69, 9.17) is 14.2 Å². The zero-order valence-electron chi connectivity index (χ0n) is 43.4. The van der Waals surface area contributed by atoms with Crippen LogP contribution >= 0.6 is 0 Å². The number of esters is 3. The molecule has 1 unspecified atom stereocenters. The Morgan fingerprint density at radius 3 is 1.03 bits per heavy atom. The molecule has 0 saturated heterocycles. The molecule has 0 rings (SSSR count). The van der Waals surface area contributed by atoms with Crippen LogP contribution in [0, 0.1) is 0 Å². The van der Waals surface area contributed by atoms with Crippen molar-refractivity contribution in [1.82, 2.24) is 0 Å². The third-order valence-corrected chi connectivity index (χ3v) is 11.9. The molecule has 0 bridgehead atoms. The van der Waals surface area contributed by atoms with E-state index < -0.39 is 6.10 Å². The van der Waals surface area contributed by atoms with Gasteiger partial charge in [0, 0.05) is 19.3 Å². The highest BCUT2D eigenvalue weighted by Crippen LogP contribution is 2.15. The summed E-state index contributed by atoms with van der Waals surface area (Å²) in [5.74, 6) is -0.976. The maximum atomic E-state index is 12.8. The number of ether oxygens (including phenoxy) is 3. The molecular weight excluding hydrogens is 817 g/mol. The Hall–Kier alpha value is -3.15. The Balaban J connectivity index is 4.42. The van der Waals surface area contributed by atoms with Crippen LogP contribution in [0.1, 0.15) is 271 Å². The highest BCUT2D eigenvalue weighted by molar-refractivity contribution is 5.71. The van der Waals surface area contributed by atoms with Gasteiger partial charge in [-0.15, -0.1) is 0 Å². The summed E-state index contributed by atoms with van der Waals surface area (Å²) in [4.78, 5) is 38.1. The third-order valence-electron chi connectivity index (χ3n) is 11.9. The van der Waals surface area contributed by atoms with E-state index >= 15 is 0 Å². The van der Waals surface area contributed by atoms with Gasteiger partial charge in [0.15, 0.2) is 6.10 Å². The lowest BCUT2D eigenvalue weighted by Gasteiger charge is -2.18. The SMILES string of the molecule is CC/C=C\C/C=C\C/C=C\CCCCCCCCCCCC(=O)OCC(COC(=O)CC/C=C\C/C=C\CCCCCCCC)OC(=O)CCCCCCC/C=C\CCCCCCCCC. The third kappa shape index (κ3) is 51.8. The van der Waals surface area contributed by atoms with E-state index in [2.05, 4.69) is 87.6 Å². The van der Waals surface area contributed by atoms with Crippen molar-refractivity contribution in [3.63, 3.8) is 0 Å². The first kappa shape index (κ1) is 62.8. The average molecular weight is 921 g/mol. The molecule has 0 N–H and O–H groups in total. The lowest BCUT2D eigenvalue weighted by Crippen LogP contribution is -2.30. The molecule has 0 aliphatic rings. The minimum atomic E-state index is -0.804. The summed E-state index contributed by atoms with van der Waals surface area (Å²) in [6, 6.07) is 0. The van der Waals surface area contributed by atoms with Crippen molar-refractivity contribution in [2.45, 2.75) is 277 Å². The minimum Gasteiger partial charge on any atom is -0.462 e. The molecule has 6 heteroatoms. The smallest absolute Gasteiger partial charge is 0.306 e. The van der Waals surface area contributed by atoms with E-state index in [-0.39, 0.29) is 37.5 Å². The largest absolute Gasteiger partial charge is 0.462 e. The van der Waals surface area contributed by atoms with Gasteiger partial charge in [-0.05, 0) is 96.3 Å². The van der Waals surface area contributed by atoms with E-state index in [1.165, 1.54) is 141 Å². The van der Waals surface area contributed by atoms with Crippen LogP contribution in [-0.2, 0) is 28.6 Å². The van der Waals surface area contributed by atoms with Crippen molar-refractivity contribution < 1.29 is 28.6 Å². The summed E-state index contributed by atoms with van der Waals surface area (Å²) >= 11 is 0. The summed E-state index contributed by atoms with van der Waals surface area (Å²) < 4.78 is 16.8. The van der Waals surface area contributed by atoms with Crippen LogP contribution in [0.3, 0.4) is 0 Å². The highest BCUT2D eigenvalue weighted by atomic mass is 16.6. The summed E-state index contributed by atoms with van der Waals surface area (Å²) in [5.41, 5.74) is 0. The molecule has 0 aromatic rings. The normalized spacial score (nSPS) is 12.6. The predicted molar refractivity (Wildman–Crippen MR) is 284 cm³/mol. The fourth-order valence-electron chi connectivity index (χ4n) is 7.74. The van der Waals surface area contributed by atoms with Crippen LogP contribution in [0.5, 0.6) is 0 Å². The molecule has 66 heavy (non-hydrogen) atoms. The first-order valence-corrected chi connectivity index (χ1v) is 27.9. The second-order valence-electron chi connectivity index (χ2n) is 18.5. The van der Waals surface area contributed by atoms with Crippen molar-refractivity contribution >= 4 is 17.9 Å². The van der Waals surface area contributed by atoms with Crippen LogP contribution in [0.2, 0.25) is 0 Å². The number of hydrogen-bond acceptors (Lipinski definition) is 6. The number of rotatable bonds is 50. The Morgan fingerprint density at radius 2 is 0.621 bits per heavy atom. The fraction of sp³-hybridized carbons (Fsp3) is 0.750. The number of carbonyl (C=O) groups is 3. The van der Waals surface area contributed by atoms with Gasteiger partial charge in [0.05, 0.1) is 0 Å². The van der Waals surface area contributed by atoms with Crippen LogP contribution < -0.4 is 0 Å². The molecule has 1 atom stereocenters. The zero-order valence-corrected chi connectivity index (χ0v) is 43.4. The fourth-order valence-corrected chi connectivity index (χ4v) is 7.74. The molecule has 0 aromatic carbocycles. The van der Waals surface area contributed by atoms with E-state index in [1.807, 2.05) is 6.08 Å². The maximum absolute atomic E-state index is 12.8. The molecule has 0 aliphatic heterocycles. The van der Waals surface area contributed by atoms with E-state index in [1.54, 1.807) is 0 Å². The Labute approximate surface area is 408 Å². The minimum absolute atomic E-state index is 0.0981. The van der Waals surface area contributed by atoms with Gasteiger partial charge in [-0.25, -0.2) is 0 Å². The summed E-state index contributed by atoms with van der Waals surface area (Å²) in [6.07, 6.45) is 69.0. The first-order valence-electron chi connectivity index (χ1n) is 27.9. The standard InChI is InChI=1S/C60H104O6/c1-4-7-10-13-16-19-22-25-27-29-30-31-33-35-38-41-44-47-50-53-59(62)65-56-57(55-64-58(61)52-49-46-43-40-37-34-24-21-18-15-12-9-6-3)66-60(63)54-51-48-45-42-39-36-32-28-26-23-20-17-14-11-8-5-2/h7,10,16,19,25,27-28,32,34,37,43,46,57H,4-6,8-9,11-15,17-18,20-24,26,29-31,33,35-36,38-42,44-45,47-56H2,1-3H3/b10-7-,19-16-,27-25-,32-28-,37-34-,46-43-. The molecule has 0 heterocycles. The predicted octanol–water partition coefficient (Wildman–Crippen LogP) is 18.6. The van der Waals surface area contributed by atoms with Crippen LogP contribution in [-0.4, -0.2) is 37.2 Å². The quantitative estimate of drug-likeness (QED) is 0.0262. The summed E-state index contributed by atoms with van der Waals surface area (Å²) in [5, 5.41) is 0. The molecule has 0 saturated carbocycles. The van der Waals surface area contributed by atoms with Gasteiger partial charge in [0.1, 0.15) is 13.2 Å². The monoisotopic (exact) mass is 921 g/mol. The van der Waals surface area contributed by atoms with Gasteiger partial charge in [-0.1, -0.05) is 229 Å². The molecule has 0 aliphatic carbocycles. The summed E-state index contributed by atoms with van der Waals surface area (Å²) in [7, 11) is 0. The molecule has 6 nitrogen and oxygen atoms in total. The van der Waals surface area contributed by atoms with Gasteiger partial charge in [-0.3, -0.25) is 14.4 Å². The summed E-state index contributed by atoms with van der Waals surface area (Å²) in [6.45, 7) is 6.47. The molecule has 0 fully saturated rings. The molecule has 0 amide bonds. The number of hydrogen-bond donors (Lipinski definition) is 0. The van der Waals surface area contributed by atoms with Gasteiger partial charge >= 0.3 is 17.9 Å². The van der Waals surface area contributed by atoms with Crippen LogP contribution in [0.4, 0.5) is 0 Å². The van der Waals surface area contributed by atoms with Crippen molar-refractivity contribution in [2.75, 3.05) is 13.2 Å². The maximum Gasteiger partial charge on any atom is 0.306 e. The van der Waals surface area contributed by atoms with E-state index in [0.717, 1.165) is 83.5 Å². The second kappa shape index (κ2) is 54.5. The van der Waals surface area contributed by atoms with Gasteiger partial charge < -0.3 is 14.2 Å². The Kier molecular flexibility index (Phi) is 51.9. The van der Waals surface area contributed by atoms with Crippen molar-refractivity contribution in [3.8, 4) is 0 Å². The highest BCUT2D eigenvalue weighted by Gasteiger charge is 2.19. The lowest BCUT2D eigenvalue weighted by molar-refractivity contribution is -0.166. The molecule has 0 spiro atoms. The Bertz CT molecular complexity index is 1240. The van der Waals surface area contributed by atoms with Crippen molar-refractivity contribution in [2.24, 2.45) is 0 Å². The molecular formula is C60H104O6. The van der Waals surface area contributed by atoms with Crippen LogP contribution in [0.15, 0.2) is 72.9 Å². The van der Waals surface area contributed by atoms with Gasteiger partial charge in [0.2, 0.25) is 0 Å². The first-order chi connectivity index (χ1) is 32.5. The van der Waals surface area contributed by atoms with Crippen molar-refractivity contribution in [1.29, 1.82) is 0 Å². The van der Waals surface area contributed by atoms with Crippen LogP contribution in [0.25, 0.3) is 0 Å². The van der Waals surface area contributed by atoms with Gasteiger partial charge in [0.25, 0.3) is 0 Å². The van der Waals surface area contributed by atoms with E-state index in [9.17, 15) is 14.4 Å². The zero-order chi connectivity index (χ0) is 47.9. The number of carbonyl (C=O) groups excluding carboxylic acids is 3. The molecule has 0 radical (unpaired) electrons. The van der Waals surface area contributed by atoms with E-state index in [0.29, 0.717) is 19.3 Å². The number of unbranched alkanes of at least 4 members (excludes halogenated alkanes) is 27. The number of allylic oxidation sites excluding steroid dienone is 12. The van der Waals surface area contributed by atoms with Crippen molar-refractivity contribution in [3.05, 3.63) is 72.9 Å². The topological polar surface area (TPSA) is 78.9 Å². The lowest BCUT2D eigenvalue weighted by atomic mass is 10.1. The average Bonchev–Trinajstić information content (AvgIpc) is 3.31. The molecule has 0 aromatic heterocycles. The second-order valence-corrected chi connectivity index (χ2v) is 18.5. The Morgan fingerprint density at radius 1 is 0.318 bits per heavy atom. The molecule has 380 valence electrons. The van der Waals surface area contributed by atoms with Gasteiger partial charge in [-0.2, -0.15) is 0 Å².